The first-order valence-corrected chi connectivity index (χ1v) is 9.86. The van der Waals surface area contributed by atoms with Crippen molar-refractivity contribution in [3.63, 3.8) is 0 Å². The van der Waals surface area contributed by atoms with E-state index in [1.54, 1.807) is 30.7 Å². The molecule has 1 atom stereocenters. The Morgan fingerprint density at radius 2 is 1.89 bits per heavy atom. The number of ether oxygens (including phenoxy) is 2. The van der Waals surface area contributed by atoms with Gasteiger partial charge in [0.2, 0.25) is 5.91 Å². The second-order valence-electron chi connectivity index (χ2n) is 6.17. The van der Waals surface area contributed by atoms with Crippen molar-refractivity contribution >= 4 is 29.3 Å². The number of fused-ring (bicyclic) bond motifs is 1. The highest BCUT2D eigenvalue weighted by Gasteiger charge is 2.33. The van der Waals surface area contributed by atoms with Crippen molar-refractivity contribution in [2.75, 3.05) is 25.2 Å². The number of hydrogen-bond donors (Lipinski definition) is 0. The number of methoxy groups -OCH3 is 1. The lowest BCUT2D eigenvalue weighted by atomic mass is 10.1. The minimum atomic E-state index is -0.285. The molecule has 6 heteroatoms. The van der Waals surface area contributed by atoms with Gasteiger partial charge in [-0.15, -0.1) is 11.8 Å². The Balaban J connectivity index is 1.78. The van der Waals surface area contributed by atoms with Gasteiger partial charge in [0, 0.05) is 11.4 Å². The molecule has 1 heterocycles. The summed E-state index contributed by atoms with van der Waals surface area (Å²) in [5.41, 5.74) is 1.94. The van der Waals surface area contributed by atoms with Crippen LogP contribution in [0, 0.1) is 0 Å². The van der Waals surface area contributed by atoms with Crippen LogP contribution in [-0.4, -0.2) is 37.4 Å². The number of carbonyl (C=O) groups excluding carboxylic acids is 2. The second kappa shape index (κ2) is 8.95. The van der Waals surface area contributed by atoms with Gasteiger partial charge in [0.25, 0.3) is 0 Å². The van der Waals surface area contributed by atoms with E-state index in [1.165, 1.54) is 0 Å². The molecule has 1 aliphatic heterocycles. The van der Waals surface area contributed by atoms with E-state index in [0.717, 1.165) is 21.9 Å². The molecule has 0 saturated carbocycles. The largest absolute Gasteiger partial charge is 0.497 e. The van der Waals surface area contributed by atoms with Crippen molar-refractivity contribution in [3.8, 4) is 5.75 Å². The minimum absolute atomic E-state index is 0.0267. The number of carbonyl (C=O) groups is 2. The van der Waals surface area contributed by atoms with Gasteiger partial charge in [0.1, 0.15) is 5.75 Å². The first kappa shape index (κ1) is 19.3. The van der Waals surface area contributed by atoms with E-state index >= 15 is 0 Å². The van der Waals surface area contributed by atoms with Gasteiger partial charge < -0.3 is 14.4 Å². The number of anilines is 1. The van der Waals surface area contributed by atoms with Crippen LogP contribution in [0.1, 0.15) is 18.9 Å². The number of benzene rings is 2. The van der Waals surface area contributed by atoms with E-state index in [9.17, 15) is 9.59 Å². The smallest absolute Gasteiger partial charge is 0.307 e. The van der Waals surface area contributed by atoms with Gasteiger partial charge >= 0.3 is 5.97 Å². The van der Waals surface area contributed by atoms with Crippen LogP contribution < -0.4 is 9.64 Å². The number of amides is 1. The average Bonchev–Trinajstić information content (AvgIpc) is 2.69. The quantitative estimate of drug-likeness (QED) is 0.680. The number of para-hydroxylation sites is 1. The summed E-state index contributed by atoms with van der Waals surface area (Å²) in [4.78, 5) is 27.6. The summed E-state index contributed by atoms with van der Waals surface area (Å²) in [6, 6.07) is 15.6. The van der Waals surface area contributed by atoms with E-state index in [4.69, 9.17) is 9.47 Å². The topological polar surface area (TPSA) is 55.8 Å². The highest BCUT2D eigenvalue weighted by Crippen LogP contribution is 2.40. The van der Waals surface area contributed by atoms with Gasteiger partial charge in [-0.05, 0) is 43.2 Å². The summed E-state index contributed by atoms with van der Waals surface area (Å²) in [6.07, 6.45) is 0.811. The van der Waals surface area contributed by atoms with Gasteiger partial charge in [-0.1, -0.05) is 24.3 Å². The third kappa shape index (κ3) is 4.63. The van der Waals surface area contributed by atoms with Crippen molar-refractivity contribution < 1.29 is 19.1 Å². The number of thioether (sulfide) groups is 1. The molecule has 2 aromatic carbocycles. The molecule has 0 aliphatic carbocycles. The van der Waals surface area contributed by atoms with E-state index in [0.29, 0.717) is 19.6 Å². The van der Waals surface area contributed by atoms with Gasteiger partial charge in [-0.2, -0.15) is 0 Å². The predicted octanol–water partition coefficient (Wildman–Crippen LogP) is 3.70. The fourth-order valence-corrected chi connectivity index (χ4v) is 4.31. The van der Waals surface area contributed by atoms with Crippen LogP contribution in [0.5, 0.6) is 5.75 Å². The van der Waals surface area contributed by atoms with E-state index in [-0.39, 0.29) is 23.5 Å². The fraction of sp³-hybridized carbons (Fsp3) is 0.333. The Bertz CT molecular complexity index is 806. The molecule has 0 bridgehead atoms. The fourth-order valence-electron chi connectivity index (χ4n) is 3.05. The highest BCUT2D eigenvalue weighted by molar-refractivity contribution is 8.01. The Labute approximate surface area is 163 Å². The van der Waals surface area contributed by atoms with Crippen LogP contribution in [0.4, 0.5) is 5.69 Å². The monoisotopic (exact) mass is 385 g/mol. The molecule has 0 spiro atoms. The summed E-state index contributed by atoms with van der Waals surface area (Å²) in [5, 5.41) is -0.226. The molecule has 1 unspecified atom stereocenters. The summed E-state index contributed by atoms with van der Waals surface area (Å²) in [5.74, 6) is 0.536. The molecule has 1 amide bonds. The molecular weight excluding hydrogens is 362 g/mol. The molecule has 0 N–H and O–H groups in total. The van der Waals surface area contributed by atoms with Crippen LogP contribution in [0.25, 0.3) is 0 Å². The molecule has 3 rings (SSSR count). The van der Waals surface area contributed by atoms with Gasteiger partial charge in [0.05, 0.1) is 31.1 Å². The van der Waals surface area contributed by atoms with Crippen LogP contribution in [0.15, 0.2) is 53.4 Å². The Morgan fingerprint density at radius 3 is 2.59 bits per heavy atom. The number of esters is 1. The summed E-state index contributed by atoms with van der Waals surface area (Å²) in [6.45, 7) is 2.45. The third-order valence-corrected chi connectivity index (χ3v) is 5.64. The van der Waals surface area contributed by atoms with Crippen molar-refractivity contribution in [2.45, 2.75) is 29.9 Å². The maximum Gasteiger partial charge on any atom is 0.307 e. The first-order chi connectivity index (χ1) is 13.1. The van der Waals surface area contributed by atoms with Gasteiger partial charge in [0.15, 0.2) is 0 Å². The zero-order chi connectivity index (χ0) is 19.2. The Hall–Kier alpha value is -2.47. The van der Waals surface area contributed by atoms with Crippen molar-refractivity contribution in [1.29, 1.82) is 0 Å². The lowest BCUT2D eigenvalue weighted by Crippen LogP contribution is -2.43. The Morgan fingerprint density at radius 1 is 1.15 bits per heavy atom. The predicted molar refractivity (Wildman–Crippen MR) is 106 cm³/mol. The first-order valence-electron chi connectivity index (χ1n) is 8.98. The standard InChI is InChI=1S/C21H23NO4S/c1-3-26-20(23)12-13-22-17-6-4-5-7-18(17)27-19(21(22)24)14-15-8-10-16(25-2)11-9-15/h4-11,19H,3,12-14H2,1-2H3. The van der Waals surface area contributed by atoms with Gasteiger partial charge in [-0.25, -0.2) is 0 Å². The van der Waals surface area contributed by atoms with E-state index < -0.39 is 0 Å². The molecule has 1 aliphatic rings. The molecule has 0 aromatic heterocycles. The Kier molecular flexibility index (Phi) is 6.40. The van der Waals surface area contributed by atoms with Crippen molar-refractivity contribution in [1.82, 2.24) is 0 Å². The normalized spacial score (nSPS) is 16.0. The molecule has 5 nitrogen and oxygen atoms in total. The SMILES string of the molecule is CCOC(=O)CCN1C(=O)C(Cc2ccc(OC)cc2)Sc2ccccc21. The number of hydrogen-bond acceptors (Lipinski definition) is 5. The van der Waals surface area contributed by atoms with Crippen LogP contribution in [-0.2, 0) is 20.7 Å². The molecule has 0 saturated heterocycles. The maximum absolute atomic E-state index is 13.1. The molecule has 0 radical (unpaired) electrons. The second-order valence-corrected chi connectivity index (χ2v) is 7.42. The van der Waals surface area contributed by atoms with Crippen molar-refractivity contribution in [3.05, 3.63) is 54.1 Å². The van der Waals surface area contributed by atoms with Crippen LogP contribution in [0.3, 0.4) is 0 Å². The summed E-state index contributed by atoms with van der Waals surface area (Å²) in [7, 11) is 1.63. The molecular formula is C21H23NO4S. The summed E-state index contributed by atoms with van der Waals surface area (Å²) >= 11 is 1.58. The van der Waals surface area contributed by atoms with Gasteiger partial charge in [-0.3, -0.25) is 9.59 Å². The summed E-state index contributed by atoms with van der Waals surface area (Å²) < 4.78 is 10.2. The lowest BCUT2D eigenvalue weighted by Gasteiger charge is -2.33. The third-order valence-electron chi connectivity index (χ3n) is 4.39. The zero-order valence-corrected chi connectivity index (χ0v) is 16.3. The molecule has 142 valence electrons. The molecule has 27 heavy (non-hydrogen) atoms. The van der Waals surface area contributed by atoms with E-state index in [2.05, 4.69) is 0 Å². The van der Waals surface area contributed by atoms with Crippen LogP contribution in [0.2, 0.25) is 0 Å². The average molecular weight is 385 g/mol. The molecule has 0 fully saturated rings. The molecule has 2 aromatic rings. The number of nitrogens with zero attached hydrogens (tertiary/aromatic N) is 1. The lowest BCUT2D eigenvalue weighted by molar-refractivity contribution is -0.142. The van der Waals surface area contributed by atoms with E-state index in [1.807, 2.05) is 48.5 Å². The van der Waals surface area contributed by atoms with Crippen LogP contribution >= 0.6 is 11.8 Å². The number of rotatable bonds is 7. The van der Waals surface area contributed by atoms with Crippen molar-refractivity contribution in [2.24, 2.45) is 0 Å². The highest BCUT2D eigenvalue weighted by atomic mass is 32.2. The zero-order valence-electron chi connectivity index (χ0n) is 15.5. The minimum Gasteiger partial charge on any atom is -0.497 e. The maximum atomic E-state index is 13.1.